The van der Waals surface area contributed by atoms with E-state index in [2.05, 4.69) is 89.4 Å². The standard InChI is InChI=1S/C29H39N5O/c1-21(2)34-27-10-6-5-9-25(27)30-28(34)20-31-13-7-8-24(19-31)29(35)33-16-14-32(15-17-33)26-12-11-22(3)18-23(26)4/h5-6,9-12,18,21,24H,7-8,13-17,19-20H2,1-4H3/t24-/m1/s1. The number of para-hydroxylation sites is 2. The van der Waals surface area contributed by atoms with E-state index in [1.165, 1.54) is 22.3 Å². The number of fused-ring (bicyclic) bond motifs is 1. The average Bonchev–Trinajstić information content (AvgIpc) is 3.22. The number of aromatic nitrogens is 2. The molecule has 3 heterocycles. The molecule has 0 N–H and O–H groups in total. The van der Waals surface area contributed by atoms with Crippen molar-refractivity contribution >= 4 is 22.6 Å². The molecule has 0 spiro atoms. The van der Waals surface area contributed by atoms with Gasteiger partial charge >= 0.3 is 0 Å². The second-order valence-electron chi connectivity index (χ2n) is 10.7. The van der Waals surface area contributed by atoms with Gasteiger partial charge in [0.2, 0.25) is 5.91 Å². The first-order valence-corrected chi connectivity index (χ1v) is 13.2. The minimum atomic E-state index is 0.0910. The van der Waals surface area contributed by atoms with Gasteiger partial charge in [-0.05, 0) is 70.8 Å². The molecule has 2 aromatic carbocycles. The first-order valence-electron chi connectivity index (χ1n) is 13.2. The van der Waals surface area contributed by atoms with Crippen LogP contribution in [0.3, 0.4) is 0 Å². The summed E-state index contributed by atoms with van der Waals surface area (Å²) in [6.07, 6.45) is 2.06. The van der Waals surface area contributed by atoms with E-state index in [0.717, 1.165) is 70.0 Å². The van der Waals surface area contributed by atoms with Crippen molar-refractivity contribution in [2.75, 3.05) is 44.2 Å². The van der Waals surface area contributed by atoms with E-state index in [-0.39, 0.29) is 5.92 Å². The van der Waals surface area contributed by atoms with Gasteiger partial charge in [-0.3, -0.25) is 9.69 Å². The van der Waals surface area contributed by atoms with Crippen LogP contribution in [0.15, 0.2) is 42.5 Å². The van der Waals surface area contributed by atoms with Crippen LogP contribution < -0.4 is 4.90 Å². The molecule has 6 heteroatoms. The molecular weight excluding hydrogens is 434 g/mol. The molecule has 1 amide bonds. The average molecular weight is 474 g/mol. The number of imidazole rings is 1. The third kappa shape index (κ3) is 4.94. The molecule has 2 aliphatic heterocycles. The number of carbonyl (C=O) groups excluding carboxylic acids is 1. The Kier molecular flexibility index (Phi) is 6.83. The third-order valence-electron chi connectivity index (χ3n) is 7.69. The van der Waals surface area contributed by atoms with Gasteiger partial charge in [0.1, 0.15) is 5.82 Å². The van der Waals surface area contributed by atoms with E-state index in [1.807, 2.05) is 0 Å². The second kappa shape index (κ2) is 10.0. The molecule has 35 heavy (non-hydrogen) atoms. The summed E-state index contributed by atoms with van der Waals surface area (Å²) in [4.78, 5) is 25.4. The van der Waals surface area contributed by atoms with E-state index in [9.17, 15) is 4.79 Å². The van der Waals surface area contributed by atoms with Gasteiger partial charge in [-0.25, -0.2) is 4.98 Å². The van der Waals surface area contributed by atoms with Crippen LogP contribution >= 0.6 is 0 Å². The summed E-state index contributed by atoms with van der Waals surface area (Å²) in [6, 6.07) is 15.4. The van der Waals surface area contributed by atoms with Crippen LogP contribution in [0.4, 0.5) is 5.69 Å². The van der Waals surface area contributed by atoms with Gasteiger partial charge in [-0.1, -0.05) is 29.8 Å². The number of rotatable bonds is 5. The van der Waals surface area contributed by atoms with E-state index in [1.54, 1.807) is 0 Å². The Labute approximate surface area is 209 Å². The zero-order chi connectivity index (χ0) is 24.5. The van der Waals surface area contributed by atoms with Crippen molar-refractivity contribution in [2.24, 2.45) is 5.92 Å². The Morgan fingerprint density at radius 1 is 1.03 bits per heavy atom. The van der Waals surface area contributed by atoms with Crippen molar-refractivity contribution in [1.82, 2.24) is 19.4 Å². The molecule has 0 radical (unpaired) electrons. The number of hydrogen-bond donors (Lipinski definition) is 0. The summed E-state index contributed by atoms with van der Waals surface area (Å²) >= 11 is 0. The van der Waals surface area contributed by atoms with Crippen molar-refractivity contribution in [3.05, 3.63) is 59.4 Å². The molecule has 3 aromatic rings. The molecule has 0 saturated carbocycles. The van der Waals surface area contributed by atoms with Crippen molar-refractivity contribution < 1.29 is 4.79 Å². The minimum absolute atomic E-state index is 0.0910. The van der Waals surface area contributed by atoms with Crippen LogP contribution in [0.5, 0.6) is 0 Å². The van der Waals surface area contributed by atoms with Crippen LogP contribution in [-0.2, 0) is 11.3 Å². The summed E-state index contributed by atoms with van der Waals surface area (Å²) in [5.41, 5.74) is 6.18. The summed E-state index contributed by atoms with van der Waals surface area (Å²) in [5, 5.41) is 0. The lowest BCUT2D eigenvalue weighted by molar-refractivity contribution is -0.137. The highest BCUT2D eigenvalue weighted by Gasteiger charge is 2.32. The smallest absolute Gasteiger partial charge is 0.227 e. The fourth-order valence-corrected chi connectivity index (χ4v) is 5.97. The number of benzene rings is 2. The zero-order valence-electron chi connectivity index (χ0n) is 21.7. The van der Waals surface area contributed by atoms with Gasteiger partial charge in [0.05, 0.1) is 23.5 Å². The van der Waals surface area contributed by atoms with Crippen LogP contribution in [0.2, 0.25) is 0 Å². The van der Waals surface area contributed by atoms with Gasteiger partial charge in [-0.15, -0.1) is 0 Å². The lowest BCUT2D eigenvalue weighted by Gasteiger charge is -2.40. The number of carbonyl (C=O) groups is 1. The van der Waals surface area contributed by atoms with Gasteiger partial charge in [0.15, 0.2) is 0 Å². The van der Waals surface area contributed by atoms with Gasteiger partial charge in [0, 0.05) is 44.5 Å². The monoisotopic (exact) mass is 473 g/mol. The zero-order valence-corrected chi connectivity index (χ0v) is 21.7. The number of likely N-dealkylation sites (tertiary alicyclic amines) is 1. The lowest BCUT2D eigenvalue weighted by atomic mass is 9.96. The molecule has 2 aliphatic rings. The largest absolute Gasteiger partial charge is 0.368 e. The number of anilines is 1. The second-order valence-corrected chi connectivity index (χ2v) is 10.7. The number of aryl methyl sites for hydroxylation is 2. The van der Waals surface area contributed by atoms with Crippen molar-refractivity contribution in [1.29, 1.82) is 0 Å². The highest BCUT2D eigenvalue weighted by Crippen LogP contribution is 2.27. The van der Waals surface area contributed by atoms with Crippen molar-refractivity contribution in [3.8, 4) is 0 Å². The number of piperidine rings is 1. The Morgan fingerprint density at radius 2 is 1.80 bits per heavy atom. The van der Waals surface area contributed by atoms with E-state index in [0.29, 0.717) is 11.9 Å². The summed E-state index contributed by atoms with van der Waals surface area (Å²) in [6.45, 7) is 14.9. The highest BCUT2D eigenvalue weighted by molar-refractivity contribution is 5.79. The number of nitrogens with zero attached hydrogens (tertiary/aromatic N) is 5. The molecule has 5 rings (SSSR count). The molecule has 0 unspecified atom stereocenters. The maximum absolute atomic E-state index is 13.5. The number of amides is 1. The van der Waals surface area contributed by atoms with Crippen molar-refractivity contribution in [2.45, 2.75) is 53.1 Å². The molecule has 186 valence electrons. The Morgan fingerprint density at radius 3 is 2.54 bits per heavy atom. The molecule has 0 bridgehead atoms. The molecule has 0 aliphatic carbocycles. The van der Waals surface area contributed by atoms with E-state index < -0.39 is 0 Å². The van der Waals surface area contributed by atoms with Gasteiger partial charge in [-0.2, -0.15) is 0 Å². The normalized spacial score (nSPS) is 19.6. The van der Waals surface area contributed by atoms with Crippen LogP contribution in [0, 0.1) is 19.8 Å². The van der Waals surface area contributed by atoms with Crippen LogP contribution in [0.25, 0.3) is 11.0 Å². The fraction of sp³-hybridized carbons (Fsp3) is 0.517. The lowest BCUT2D eigenvalue weighted by Crippen LogP contribution is -2.52. The predicted molar refractivity (Wildman–Crippen MR) is 143 cm³/mol. The summed E-state index contributed by atoms with van der Waals surface area (Å²) in [5.74, 6) is 1.54. The molecule has 6 nitrogen and oxygen atoms in total. The predicted octanol–water partition coefficient (Wildman–Crippen LogP) is 4.79. The molecule has 2 fully saturated rings. The minimum Gasteiger partial charge on any atom is -0.368 e. The van der Waals surface area contributed by atoms with E-state index >= 15 is 0 Å². The highest BCUT2D eigenvalue weighted by atomic mass is 16.2. The van der Waals surface area contributed by atoms with Crippen LogP contribution in [-0.4, -0.2) is 64.5 Å². The quantitative estimate of drug-likeness (QED) is 0.534. The van der Waals surface area contributed by atoms with Crippen molar-refractivity contribution in [3.63, 3.8) is 0 Å². The first-order chi connectivity index (χ1) is 16.9. The molecule has 1 atom stereocenters. The first kappa shape index (κ1) is 23.9. The Bertz CT molecular complexity index is 1190. The van der Waals surface area contributed by atoms with Gasteiger partial charge < -0.3 is 14.4 Å². The van der Waals surface area contributed by atoms with Gasteiger partial charge in [0.25, 0.3) is 0 Å². The fourth-order valence-electron chi connectivity index (χ4n) is 5.97. The Hall–Kier alpha value is -2.86. The number of piperazine rings is 1. The van der Waals surface area contributed by atoms with Crippen LogP contribution in [0.1, 0.15) is 49.7 Å². The number of hydrogen-bond acceptors (Lipinski definition) is 4. The Balaban J connectivity index is 1.22. The summed E-state index contributed by atoms with van der Waals surface area (Å²) in [7, 11) is 0. The summed E-state index contributed by atoms with van der Waals surface area (Å²) < 4.78 is 2.35. The molecular formula is C29H39N5O. The molecule has 2 saturated heterocycles. The maximum atomic E-state index is 13.5. The molecule has 1 aromatic heterocycles. The third-order valence-corrected chi connectivity index (χ3v) is 7.69. The SMILES string of the molecule is Cc1ccc(N2CCN(C(=O)[C@@H]3CCCN(Cc4nc5ccccc5n4C(C)C)C3)CC2)c(C)c1. The van der Waals surface area contributed by atoms with E-state index in [4.69, 9.17) is 4.98 Å². The topological polar surface area (TPSA) is 44.6 Å². The maximum Gasteiger partial charge on any atom is 0.227 e.